The lowest BCUT2D eigenvalue weighted by atomic mass is 10.1. The number of nitrogens with zero attached hydrogens (tertiary/aromatic N) is 1. The van der Waals surface area contributed by atoms with Crippen molar-refractivity contribution in [3.05, 3.63) is 71.3 Å². The molecule has 0 fully saturated rings. The highest BCUT2D eigenvalue weighted by Gasteiger charge is 2.10. The predicted molar refractivity (Wildman–Crippen MR) is 78.4 cm³/mol. The summed E-state index contributed by atoms with van der Waals surface area (Å²) in [6.07, 6.45) is 3.48. The summed E-state index contributed by atoms with van der Waals surface area (Å²) in [5, 5.41) is 11.1. The molecule has 0 atom stereocenters. The van der Waals surface area contributed by atoms with Gasteiger partial charge >= 0.3 is 0 Å². The second kappa shape index (κ2) is 6.00. The number of aromatic nitrogens is 2. The van der Waals surface area contributed by atoms with Crippen molar-refractivity contribution in [2.75, 3.05) is 0 Å². The van der Waals surface area contributed by atoms with Gasteiger partial charge in [0.2, 0.25) is 0 Å². The van der Waals surface area contributed by atoms with Gasteiger partial charge in [0, 0.05) is 6.07 Å². The second-order valence-electron chi connectivity index (χ2n) is 4.31. The molecule has 7 nitrogen and oxygen atoms in total. The van der Waals surface area contributed by atoms with Crippen molar-refractivity contribution < 1.29 is 4.92 Å². The summed E-state index contributed by atoms with van der Waals surface area (Å²) in [6, 6.07) is 5.98. The first-order valence-corrected chi connectivity index (χ1v) is 6.31. The van der Waals surface area contributed by atoms with Gasteiger partial charge in [-0.3, -0.25) is 19.7 Å². The van der Waals surface area contributed by atoms with Crippen LogP contribution in [0.1, 0.15) is 18.9 Å². The molecule has 2 rings (SSSR count). The normalized spacial score (nSPS) is 12.6. The fourth-order valence-electron chi connectivity index (χ4n) is 1.87. The number of hydrogen-bond acceptors (Lipinski definition) is 4. The van der Waals surface area contributed by atoms with Crippen LogP contribution in [0.3, 0.4) is 0 Å². The van der Waals surface area contributed by atoms with Gasteiger partial charge in [-0.1, -0.05) is 25.1 Å². The molecule has 0 spiro atoms. The first kappa shape index (κ1) is 14.4. The Hall–Kier alpha value is -2.96. The van der Waals surface area contributed by atoms with E-state index in [1.807, 2.05) is 6.92 Å². The Balaban J connectivity index is 2.72. The van der Waals surface area contributed by atoms with Crippen LogP contribution < -0.4 is 21.8 Å². The van der Waals surface area contributed by atoms with E-state index in [1.54, 1.807) is 12.1 Å². The lowest BCUT2D eigenvalue weighted by molar-refractivity contribution is -0.385. The van der Waals surface area contributed by atoms with Gasteiger partial charge in [0.25, 0.3) is 16.8 Å². The van der Waals surface area contributed by atoms with E-state index in [0.717, 1.165) is 0 Å². The minimum Gasteiger partial charge on any atom is -0.316 e. The summed E-state index contributed by atoms with van der Waals surface area (Å²) in [7, 11) is 0. The fourth-order valence-corrected chi connectivity index (χ4v) is 1.87. The summed E-state index contributed by atoms with van der Waals surface area (Å²) in [5.74, 6) is 0. The van der Waals surface area contributed by atoms with Crippen LogP contribution in [-0.4, -0.2) is 14.9 Å². The Bertz CT molecular complexity index is 909. The first-order valence-electron chi connectivity index (χ1n) is 6.31. The highest BCUT2D eigenvalue weighted by Crippen LogP contribution is 2.17. The van der Waals surface area contributed by atoms with Crippen molar-refractivity contribution in [2.45, 2.75) is 13.3 Å². The average Bonchev–Trinajstić information content (AvgIpc) is 2.45. The van der Waals surface area contributed by atoms with Gasteiger partial charge in [-0.15, -0.1) is 0 Å². The van der Waals surface area contributed by atoms with E-state index in [9.17, 15) is 19.7 Å². The quantitative estimate of drug-likeness (QED) is 0.611. The molecule has 1 heterocycles. The molecule has 0 amide bonds. The number of rotatable bonds is 3. The molecule has 0 bridgehead atoms. The van der Waals surface area contributed by atoms with E-state index in [0.29, 0.717) is 6.42 Å². The Labute approximate surface area is 118 Å². The molecule has 2 aromatic rings. The summed E-state index contributed by atoms with van der Waals surface area (Å²) in [6.45, 7) is 1.84. The van der Waals surface area contributed by atoms with Crippen molar-refractivity contribution in [1.82, 2.24) is 9.97 Å². The molecule has 0 aliphatic rings. The van der Waals surface area contributed by atoms with Crippen molar-refractivity contribution in [2.24, 2.45) is 0 Å². The number of para-hydroxylation sites is 1. The minimum atomic E-state index is -0.544. The molecule has 0 aliphatic carbocycles. The summed E-state index contributed by atoms with van der Waals surface area (Å²) < 4.78 is 0. The van der Waals surface area contributed by atoms with Crippen LogP contribution in [0, 0.1) is 10.1 Å². The number of aromatic amines is 2. The zero-order chi connectivity index (χ0) is 15.4. The van der Waals surface area contributed by atoms with Gasteiger partial charge < -0.3 is 9.97 Å². The van der Waals surface area contributed by atoms with Crippen LogP contribution in [-0.2, 0) is 0 Å². The Morgan fingerprint density at radius 1 is 1.14 bits per heavy atom. The highest BCUT2D eigenvalue weighted by atomic mass is 16.6. The lowest BCUT2D eigenvalue weighted by Crippen LogP contribution is -2.46. The van der Waals surface area contributed by atoms with Crippen LogP contribution in [0.15, 0.2) is 33.9 Å². The zero-order valence-corrected chi connectivity index (χ0v) is 11.3. The Kier molecular flexibility index (Phi) is 4.13. The van der Waals surface area contributed by atoms with Crippen molar-refractivity contribution >= 4 is 17.8 Å². The summed E-state index contributed by atoms with van der Waals surface area (Å²) in [5.41, 5.74) is -0.841. The number of benzene rings is 1. The third-order valence-electron chi connectivity index (χ3n) is 2.83. The maximum Gasteiger partial charge on any atom is 0.276 e. The van der Waals surface area contributed by atoms with Gasteiger partial charge in [-0.2, -0.15) is 0 Å². The minimum absolute atomic E-state index is 0.0254. The third-order valence-corrected chi connectivity index (χ3v) is 2.83. The van der Waals surface area contributed by atoms with E-state index in [1.165, 1.54) is 24.3 Å². The topological polar surface area (TPSA) is 109 Å². The number of nitrogens with one attached hydrogen (secondary N) is 2. The number of nitro groups is 1. The fraction of sp³-hybridized carbons (Fsp3) is 0.143. The van der Waals surface area contributed by atoms with Crippen molar-refractivity contribution in [3.63, 3.8) is 0 Å². The molecule has 21 heavy (non-hydrogen) atoms. The first-order chi connectivity index (χ1) is 10.0. The molecular formula is C14H13N3O4. The maximum absolute atomic E-state index is 11.9. The van der Waals surface area contributed by atoms with Gasteiger partial charge in [0.05, 0.1) is 10.5 Å². The van der Waals surface area contributed by atoms with E-state index in [2.05, 4.69) is 9.97 Å². The van der Waals surface area contributed by atoms with Gasteiger partial charge in [-0.25, -0.2) is 0 Å². The molecule has 1 aromatic heterocycles. The van der Waals surface area contributed by atoms with Crippen molar-refractivity contribution in [3.8, 4) is 0 Å². The number of nitro benzene ring substituents is 1. The lowest BCUT2D eigenvalue weighted by Gasteiger charge is -1.96. The Morgan fingerprint density at radius 2 is 1.76 bits per heavy atom. The Morgan fingerprint density at radius 3 is 2.43 bits per heavy atom. The maximum atomic E-state index is 11.9. The molecule has 0 unspecified atom stereocenters. The largest absolute Gasteiger partial charge is 0.316 e. The molecule has 2 N–H and O–H groups in total. The second-order valence-corrected chi connectivity index (χ2v) is 4.31. The van der Waals surface area contributed by atoms with E-state index < -0.39 is 16.0 Å². The van der Waals surface area contributed by atoms with Crippen LogP contribution in [0.5, 0.6) is 0 Å². The third kappa shape index (κ3) is 3.14. The number of hydrogen-bond donors (Lipinski definition) is 2. The molecule has 0 aliphatic heterocycles. The van der Waals surface area contributed by atoms with Crippen LogP contribution in [0.2, 0.25) is 0 Å². The van der Waals surface area contributed by atoms with E-state index in [-0.39, 0.29) is 21.9 Å². The zero-order valence-electron chi connectivity index (χ0n) is 11.3. The molecule has 0 saturated heterocycles. The van der Waals surface area contributed by atoms with Gasteiger partial charge in [-0.05, 0) is 18.6 Å². The summed E-state index contributed by atoms with van der Waals surface area (Å²) in [4.78, 5) is 39.0. The molecule has 1 aromatic carbocycles. The van der Waals surface area contributed by atoms with Crippen LogP contribution in [0.4, 0.5) is 5.69 Å². The average molecular weight is 287 g/mol. The number of H-pyrrole nitrogens is 2. The van der Waals surface area contributed by atoms with Crippen molar-refractivity contribution in [1.29, 1.82) is 0 Å². The molecule has 0 saturated carbocycles. The molecule has 108 valence electrons. The molecule has 7 heteroatoms. The van der Waals surface area contributed by atoms with E-state index in [4.69, 9.17) is 0 Å². The van der Waals surface area contributed by atoms with E-state index >= 15 is 0 Å². The van der Waals surface area contributed by atoms with Gasteiger partial charge in [0.1, 0.15) is 10.7 Å². The van der Waals surface area contributed by atoms with Crippen LogP contribution >= 0.6 is 0 Å². The standard InChI is InChI=1S/C14H13N3O4/c1-2-5-10-13(18)16-11(14(19)15-10)8-9-6-3-4-7-12(9)17(20)21/h3-8H,2H2,1H3,(H,15,19)(H,16,18). The smallest absolute Gasteiger partial charge is 0.276 e. The molecular weight excluding hydrogens is 274 g/mol. The monoisotopic (exact) mass is 287 g/mol. The predicted octanol–water partition coefficient (Wildman–Crippen LogP) is -0.00930. The van der Waals surface area contributed by atoms with Crippen LogP contribution in [0.25, 0.3) is 12.2 Å². The molecule has 0 radical (unpaired) electrons. The van der Waals surface area contributed by atoms with Gasteiger partial charge in [0.15, 0.2) is 0 Å². The summed E-state index contributed by atoms with van der Waals surface area (Å²) >= 11 is 0. The highest BCUT2D eigenvalue weighted by molar-refractivity contribution is 5.59. The SMILES string of the molecule is CCC=c1[nH]c(=O)c(=Cc2ccccc2[N+](=O)[O-])[nH]c1=O.